The van der Waals surface area contributed by atoms with Crippen LogP contribution in [0, 0.1) is 6.92 Å². The molecule has 0 radical (unpaired) electrons. The van der Waals surface area contributed by atoms with Gasteiger partial charge in [0.05, 0.1) is 13.2 Å². The Bertz CT molecular complexity index is 359. The Morgan fingerprint density at radius 1 is 1.53 bits per heavy atom. The Labute approximate surface area is 90.2 Å². The minimum Gasteiger partial charge on any atom is -0.496 e. The number of Topliss-reactive ketones (excluding diaryl/α,β-unsaturated/α-hetero) is 1. The van der Waals surface area contributed by atoms with Crippen molar-refractivity contribution in [2.75, 3.05) is 7.11 Å². The highest BCUT2D eigenvalue weighted by Gasteiger charge is 2.12. The number of nitrogens with two attached hydrogens (primary N) is 1. The number of methoxy groups -OCH3 is 1. The van der Waals surface area contributed by atoms with Crippen LogP contribution in [-0.4, -0.2) is 18.9 Å². The van der Waals surface area contributed by atoms with Crippen LogP contribution < -0.4 is 10.5 Å². The third-order valence-corrected chi connectivity index (χ3v) is 2.31. The van der Waals surface area contributed by atoms with Crippen LogP contribution in [0.3, 0.4) is 0 Å². The number of ether oxygens (including phenoxy) is 1. The lowest BCUT2D eigenvalue weighted by Gasteiger charge is -2.10. The summed E-state index contributed by atoms with van der Waals surface area (Å²) in [5.41, 5.74) is 7.54. The van der Waals surface area contributed by atoms with E-state index in [0.29, 0.717) is 6.42 Å². The van der Waals surface area contributed by atoms with Crippen molar-refractivity contribution in [2.24, 2.45) is 5.73 Å². The van der Waals surface area contributed by atoms with E-state index in [1.807, 2.05) is 25.1 Å². The highest BCUT2D eigenvalue weighted by atomic mass is 16.5. The van der Waals surface area contributed by atoms with Gasteiger partial charge in [-0.3, -0.25) is 4.79 Å². The fourth-order valence-electron chi connectivity index (χ4n) is 1.39. The standard InChI is InChI=1S/C12H17NO2/c1-8-4-5-12(15-3)10(6-8)7-11(14)9(2)13/h4-6,9H,7,13H2,1-3H3. The molecule has 1 unspecified atom stereocenters. The number of rotatable bonds is 4. The number of carbonyl (C=O) groups is 1. The van der Waals surface area contributed by atoms with Crippen LogP contribution in [-0.2, 0) is 11.2 Å². The van der Waals surface area contributed by atoms with Crippen molar-refractivity contribution < 1.29 is 9.53 Å². The third kappa shape index (κ3) is 3.06. The van der Waals surface area contributed by atoms with Crippen LogP contribution in [0.4, 0.5) is 0 Å². The van der Waals surface area contributed by atoms with Crippen molar-refractivity contribution in [1.82, 2.24) is 0 Å². The SMILES string of the molecule is COc1ccc(C)cc1CC(=O)C(C)N. The molecule has 0 amide bonds. The van der Waals surface area contributed by atoms with Crippen LogP contribution >= 0.6 is 0 Å². The van der Waals surface area contributed by atoms with E-state index in [4.69, 9.17) is 10.5 Å². The lowest BCUT2D eigenvalue weighted by Crippen LogP contribution is -2.28. The second-order valence-corrected chi connectivity index (χ2v) is 3.75. The van der Waals surface area contributed by atoms with Crippen molar-refractivity contribution in [3.63, 3.8) is 0 Å². The molecule has 3 nitrogen and oxygen atoms in total. The number of hydrogen-bond donors (Lipinski definition) is 1. The molecule has 82 valence electrons. The zero-order valence-electron chi connectivity index (χ0n) is 9.41. The molecule has 0 fully saturated rings. The first-order valence-electron chi connectivity index (χ1n) is 4.96. The fourth-order valence-corrected chi connectivity index (χ4v) is 1.39. The van der Waals surface area contributed by atoms with Gasteiger partial charge in [-0.1, -0.05) is 17.7 Å². The van der Waals surface area contributed by atoms with Crippen LogP contribution in [0.2, 0.25) is 0 Å². The zero-order valence-corrected chi connectivity index (χ0v) is 9.41. The maximum absolute atomic E-state index is 11.5. The number of ketones is 1. The Balaban J connectivity index is 2.92. The number of aryl methyl sites for hydroxylation is 1. The molecule has 0 saturated heterocycles. The Morgan fingerprint density at radius 3 is 2.73 bits per heavy atom. The molecule has 0 aromatic heterocycles. The van der Waals surface area contributed by atoms with Gasteiger partial charge in [0.15, 0.2) is 5.78 Å². The van der Waals surface area contributed by atoms with E-state index in [9.17, 15) is 4.79 Å². The quantitative estimate of drug-likeness (QED) is 0.813. The normalized spacial score (nSPS) is 12.3. The first-order chi connectivity index (χ1) is 7.04. The molecule has 1 rings (SSSR count). The second-order valence-electron chi connectivity index (χ2n) is 3.75. The molecule has 15 heavy (non-hydrogen) atoms. The van der Waals surface area contributed by atoms with Gasteiger partial charge < -0.3 is 10.5 Å². The predicted octanol–water partition coefficient (Wildman–Crippen LogP) is 1.46. The van der Waals surface area contributed by atoms with Gasteiger partial charge in [-0.25, -0.2) is 0 Å². The van der Waals surface area contributed by atoms with Gasteiger partial charge in [0.1, 0.15) is 5.75 Å². The second kappa shape index (κ2) is 4.94. The van der Waals surface area contributed by atoms with Crippen molar-refractivity contribution >= 4 is 5.78 Å². The van der Waals surface area contributed by atoms with E-state index in [2.05, 4.69) is 0 Å². The summed E-state index contributed by atoms with van der Waals surface area (Å²) in [6, 6.07) is 5.37. The average molecular weight is 207 g/mol. The summed E-state index contributed by atoms with van der Waals surface area (Å²) in [4.78, 5) is 11.5. The highest BCUT2D eigenvalue weighted by molar-refractivity contribution is 5.86. The molecule has 0 saturated carbocycles. The zero-order chi connectivity index (χ0) is 11.4. The van der Waals surface area contributed by atoms with Gasteiger partial charge in [-0.05, 0) is 19.9 Å². The lowest BCUT2D eigenvalue weighted by molar-refractivity contribution is -0.119. The number of benzene rings is 1. The molecule has 1 atom stereocenters. The summed E-state index contributed by atoms with van der Waals surface area (Å²) in [5.74, 6) is 0.772. The van der Waals surface area contributed by atoms with E-state index in [-0.39, 0.29) is 5.78 Å². The van der Waals surface area contributed by atoms with Crippen LogP contribution in [0.1, 0.15) is 18.1 Å². The molecule has 0 aliphatic heterocycles. The van der Waals surface area contributed by atoms with Crippen molar-refractivity contribution in [1.29, 1.82) is 0 Å². The summed E-state index contributed by atoms with van der Waals surface area (Å²) in [5, 5.41) is 0. The van der Waals surface area contributed by atoms with E-state index in [0.717, 1.165) is 16.9 Å². The monoisotopic (exact) mass is 207 g/mol. The Kier molecular flexibility index (Phi) is 3.86. The summed E-state index contributed by atoms with van der Waals surface area (Å²) in [7, 11) is 1.60. The Morgan fingerprint density at radius 2 is 2.20 bits per heavy atom. The molecule has 0 spiro atoms. The summed E-state index contributed by atoms with van der Waals surface area (Å²) >= 11 is 0. The topological polar surface area (TPSA) is 52.3 Å². The molecule has 3 heteroatoms. The van der Waals surface area contributed by atoms with Gasteiger partial charge in [-0.2, -0.15) is 0 Å². The molecular formula is C12H17NO2. The first-order valence-corrected chi connectivity index (χ1v) is 4.96. The highest BCUT2D eigenvalue weighted by Crippen LogP contribution is 2.20. The molecule has 0 heterocycles. The van der Waals surface area contributed by atoms with Crippen LogP contribution in [0.25, 0.3) is 0 Å². The largest absolute Gasteiger partial charge is 0.496 e. The smallest absolute Gasteiger partial charge is 0.153 e. The lowest BCUT2D eigenvalue weighted by atomic mass is 10.0. The minimum absolute atomic E-state index is 0.0268. The fraction of sp³-hybridized carbons (Fsp3) is 0.417. The van der Waals surface area contributed by atoms with Crippen molar-refractivity contribution in [3.8, 4) is 5.75 Å². The number of hydrogen-bond acceptors (Lipinski definition) is 3. The molecule has 2 N–H and O–H groups in total. The van der Waals surface area contributed by atoms with E-state index < -0.39 is 6.04 Å². The summed E-state index contributed by atoms with van der Waals surface area (Å²) in [6.45, 7) is 3.68. The van der Waals surface area contributed by atoms with E-state index in [1.54, 1.807) is 14.0 Å². The van der Waals surface area contributed by atoms with Crippen molar-refractivity contribution in [3.05, 3.63) is 29.3 Å². The summed E-state index contributed by atoms with van der Waals surface area (Å²) in [6.07, 6.45) is 0.336. The molecule has 1 aromatic carbocycles. The predicted molar refractivity (Wildman–Crippen MR) is 60.1 cm³/mol. The van der Waals surface area contributed by atoms with Gasteiger partial charge in [0, 0.05) is 12.0 Å². The van der Waals surface area contributed by atoms with Gasteiger partial charge >= 0.3 is 0 Å². The van der Waals surface area contributed by atoms with Gasteiger partial charge in [0.25, 0.3) is 0 Å². The molecule has 0 bridgehead atoms. The minimum atomic E-state index is -0.421. The number of carbonyl (C=O) groups excluding carboxylic acids is 1. The van der Waals surface area contributed by atoms with E-state index >= 15 is 0 Å². The molecule has 0 aliphatic rings. The Hall–Kier alpha value is -1.35. The van der Waals surface area contributed by atoms with Gasteiger partial charge in [0.2, 0.25) is 0 Å². The molecular weight excluding hydrogens is 190 g/mol. The maximum Gasteiger partial charge on any atom is 0.153 e. The van der Waals surface area contributed by atoms with Crippen molar-refractivity contribution in [2.45, 2.75) is 26.3 Å². The molecule has 1 aromatic rings. The summed E-state index contributed by atoms with van der Waals surface area (Å²) < 4.78 is 5.19. The maximum atomic E-state index is 11.5. The van der Waals surface area contributed by atoms with Gasteiger partial charge in [-0.15, -0.1) is 0 Å². The third-order valence-electron chi connectivity index (χ3n) is 2.31. The van der Waals surface area contributed by atoms with E-state index in [1.165, 1.54) is 0 Å². The average Bonchev–Trinajstić information content (AvgIpc) is 2.18. The molecule has 0 aliphatic carbocycles. The van der Waals surface area contributed by atoms with Crippen LogP contribution in [0.15, 0.2) is 18.2 Å². The first kappa shape index (κ1) is 11.7. The van der Waals surface area contributed by atoms with Crippen LogP contribution in [0.5, 0.6) is 5.75 Å².